The van der Waals surface area contributed by atoms with Crippen molar-refractivity contribution in [1.82, 2.24) is 4.98 Å². The number of nitrogens with zero attached hydrogens (tertiary/aromatic N) is 2. The van der Waals surface area contributed by atoms with Crippen molar-refractivity contribution in [3.05, 3.63) is 75.2 Å². The molecule has 0 spiro atoms. The zero-order valence-corrected chi connectivity index (χ0v) is 16.2. The van der Waals surface area contributed by atoms with Crippen molar-refractivity contribution in [2.24, 2.45) is 0 Å². The Balaban J connectivity index is 1.87. The van der Waals surface area contributed by atoms with Gasteiger partial charge in [-0.2, -0.15) is 5.26 Å². The molecule has 3 nitrogen and oxygen atoms in total. The molecule has 0 amide bonds. The second-order valence-electron chi connectivity index (χ2n) is 6.40. The molecule has 1 aromatic heterocycles. The molecule has 0 atom stereocenters. The molecule has 0 bridgehead atoms. The molecular weight excluding hydrogens is 338 g/mol. The number of rotatable bonds is 4. The molecular formula is C22H21N3S. The fraction of sp³-hybridized carbons (Fsp3) is 0.182. The van der Waals surface area contributed by atoms with Crippen LogP contribution in [0.4, 0.5) is 5.69 Å². The van der Waals surface area contributed by atoms with Gasteiger partial charge in [-0.15, -0.1) is 11.3 Å². The fourth-order valence-electron chi connectivity index (χ4n) is 2.63. The second-order valence-corrected chi connectivity index (χ2v) is 7.26. The standard InChI is InChI=1S/C22H21N3S/c1-14-8-9-18(10-16(14)3)21-13-26-22(25-21)19(11-23)12-24-20-7-5-6-15(2)17(20)4/h5-10,12-13,24H,1-4H3/b19-12-. The maximum absolute atomic E-state index is 9.55. The van der Waals surface area contributed by atoms with Gasteiger partial charge in [0.25, 0.3) is 0 Å². The first-order chi connectivity index (χ1) is 12.5. The van der Waals surface area contributed by atoms with Gasteiger partial charge in [0.1, 0.15) is 16.6 Å². The zero-order valence-electron chi connectivity index (χ0n) is 15.4. The van der Waals surface area contributed by atoms with Crippen LogP contribution in [0.3, 0.4) is 0 Å². The highest BCUT2D eigenvalue weighted by Crippen LogP contribution is 2.27. The monoisotopic (exact) mass is 359 g/mol. The minimum absolute atomic E-state index is 0.533. The van der Waals surface area contributed by atoms with Gasteiger partial charge in [0, 0.05) is 22.8 Å². The maximum Gasteiger partial charge on any atom is 0.136 e. The summed E-state index contributed by atoms with van der Waals surface area (Å²) in [5.41, 5.74) is 8.42. The highest BCUT2D eigenvalue weighted by atomic mass is 32.1. The number of nitrogens with one attached hydrogen (secondary N) is 1. The summed E-state index contributed by atoms with van der Waals surface area (Å²) >= 11 is 1.49. The van der Waals surface area contributed by atoms with Gasteiger partial charge in [0.05, 0.1) is 5.69 Å². The van der Waals surface area contributed by atoms with Crippen LogP contribution in [0.1, 0.15) is 27.3 Å². The van der Waals surface area contributed by atoms with E-state index in [2.05, 4.69) is 68.3 Å². The molecule has 3 aromatic rings. The predicted molar refractivity (Wildman–Crippen MR) is 110 cm³/mol. The molecule has 130 valence electrons. The van der Waals surface area contributed by atoms with Gasteiger partial charge in [-0.25, -0.2) is 4.98 Å². The summed E-state index contributed by atoms with van der Waals surface area (Å²) in [6, 6.07) is 14.7. The van der Waals surface area contributed by atoms with Crippen LogP contribution in [0.5, 0.6) is 0 Å². The van der Waals surface area contributed by atoms with Crippen LogP contribution >= 0.6 is 11.3 Å². The third kappa shape index (κ3) is 3.68. The molecule has 0 radical (unpaired) electrons. The number of hydrogen-bond acceptors (Lipinski definition) is 4. The lowest BCUT2D eigenvalue weighted by molar-refractivity contribution is 1.31. The van der Waals surface area contributed by atoms with E-state index in [4.69, 9.17) is 0 Å². The first-order valence-corrected chi connectivity index (χ1v) is 9.34. The topological polar surface area (TPSA) is 48.7 Å². The molecule has 0 aliphatic rings. The number of aryl methyl sites for hydroxylation is 3. The summed E-state index contributed by atoms with van der Waals surface area (Å²) < 4.78 is 0. The number of aromatic nitrogens is 1. The quantitative estimate of drug-likeness (QED) is 0.579. The Bertz CT molecular complexity index is 1020. The van der Waals surface area contributed by atoms with Gasteiger partial charge in [0.15, 0.2) is 0 Å². The van der Waals surface area contributed by atoms with E-state index < -0.39 is 0 Å². The molecule has 0 aliphatic carbocycles. The number of anilines is 1. The van der Waals surface area contributed by atoms with E-state index in [-0.39, 0.29) is 0 Å². The number of thiazole rings is 1. The lowest BCUT2D eigenvalue weighted by atomic mass is 10.1. The van der Waals surface area contributed by atoms with Crippen LogP contribution in [-0.4, -0.2) is 4.98 Å². The summed E-state index contributed by atoms with van der Waals surface area (Å²) in [5, 5.41) is 15.5. The van der Waals surface area contributed by atoms with Gasteiger partial charge < -0.3 is 5.32 Å². The lowest BCUT2D eigenvalue weighted by Crippen LogP contribution is -1.95. The average molecular weight is 359 g/mol. The molecule has 0 saturated carbocycles. The summed E-state index contributed by atoms with van der Waals surface area (Å²) in [6.07, 6.45) is 1.74. The summed E-state index contributed by atoms with van der Waals surface area (Å²) in [7, 11) is 0. The van der Waals surface area contributed by atoms with Crippen molar-refractivity contribution < 1.29 is 0 Å². The van der Waals surface area contributed by atoms with Gasteiger partial charge in [-0.05, 0) is 62.1 Å². The zero-order chi connectivity index (χ0) is 18.7. The SMILES string of the molecule is Cc1ccc(-c2csc(/C(C#N)=C\Nc3cccc(C)c3C)n2)cc1C. The van der Waals surface area contributed by atoms with Crippen molar-refractivity contribution in [1.29, 1.82) is 5.26 Å². The molecule has 0 aliphatic heterocycles. The molecule has 26 heavy (non-hydrogen) atoms. The first kappa shape index (κ1) is 17.9. The summed E-state index contributed by atoms with van der Waals surface area (Å²) in [5.74, 6) is 0. The second kappa shape index (κ2) is 7.55. The van der Waals surface area contributed by atoms with E-state index in [1.54, 1.807) is 6.20 Å². The molecule has 0 saturated heterocycles. The minimum Gasteiger partial charge on any atom is -0.360 e. The predicted octanol–water partition coefficient (Wildman–Crippen LogP) is 6.02. The minimum atomic E-state index is 0.533. The number of nitriles is 1. The fourth-order valence-corrected chi connectivity index (χ4v) is 3.42. The van der Waals surface area contributed by atoms with Gasteiger partial charge in [-0.3, -0.25) is 0 Å². The van der Waals surface area contributed by atoms with Crippen LogP contribution in [0.25, 0.3) is 16.8 Å². The number of allylic oxidation sites excluding steroid dienone is 1. The van der Waals surface area contributed by atoms with Crippen LogP contribution < -0.4 is 5.32 Å². The maximum atomic E-state index is 9.55. The molecule has 4 heteroatoms. The Morgan fingerprint density at radius 2 is 1.88 bits per heavy atom. The van der Waals surface area contributed by atoms with Crippen molar-refractivity contribution >= 4 is 22.6 Å². The number of hydrogen-bond donors (Lipinski definition) is 1. The molecule has 0 fully saturated rings. The van der Waals surface area contributed by atoms with E-state index in [0.29, 0.717) is 5.57 Å². The van der Waals surface area contributed by atoms with E-state index in [1.807, 2.05) is 17.5 Å². The average Bonchev–Trinajstić information content (AvgIpc) is 3.11. The van der Waals surface area contributed by atoms with Crippen molar-refractivity contribution in [2.75, 3.05) is 5.32 Å². The third-order valence-corrected chi connectivity index (χ3v) is 5.51. The smallest absolute Gasteiger partial charge is 0.136 e. The van der Waals surface area contributed by atoms with Crippen molar-refractivity contribution in [3.8, 4) is 17.3 Å². The number of benzene rings is 2. The van der Waals surface area contributed by atoms with Gasteiger partial charge in [-0.1, -0.05) is 24.3 Å². The Kier molecular flexibility index (Phi) is 5.20. The van der Waals surface area contributed by atoms with Gasteiger partial charge >= 0.3 is 0 Å². The molecule has 1 heterocycles. The Morgan fingerprint density at radius 1 is 1.08 bits per heavy atom. The van der Waals surface area contributed by atoms with Crippen LogP contribution in [0, 0.1) is 39.0 Å². The summed E-state index contributed by atoms with van der Waals surface area (Å²) in [6.45, 7) is 8.34. The molecule has 3 rings (SSSR count). The Hall–Kier alpha value is -2.90. The van der Waals surface area contributed by atoms with E-state index in [1.165, 1.54) is 33.6 Å². The lowest BCUT2D eigenvalue weighted by Gasteiger charge is -2.08. The molecule has 1 N–H and O–H groups in total. The van der Waals surface area contributed by atoms with Crippen molar-refractivity contribution in [2.45, 2.75) is 27.7 Å². The van der Waals surface area contributed by atoms with E-state index in [9.17, 15) is 5.26 Å². The van der Waals surface area contributed by atoms with Gasteiger partial charge in [0.2, 0.25) is 0 Å². The largest absolute Gasteiger partial charge is 0.360 e. The van der Waals surface area contributed by atoms with Crippen molar-refractivity contribution in [3.63, 3.8) is 0 Å². The highest BCUT2D eigenvalue weighted by molar-refractivity contribution is 7.11. The van der Waals surface area contributed by atoms with E-state index >= 15 is 0 Å². The third-order valence-electron chi connectivity index (χ3n) is 4.63. The Morgan fingerprint density at radius 3 is 2.62 bits per heavy atom. The molecule has 0 unspecified atom stereocenters. The van der Waals surface area contributed by atoms with Crippen LogP contribution in [-0.2, 0) is 0 Å². The first-order valence-electron chi connectivity index (χ1n) is 8.46. The van der Waals surface area contributed by atoms with Crippen LogP contribution in [0.15, 0.2) is 48.0 Å². The summed E-state index contributed by atoms with van der Waals surface area (Å²) in [4.78, 5) is 4.66. The van der Waals surface area contributed by atoms with Crippen LogP contribution in [0.2, 0.25) is 0 Å². The van der Waals surface area contributed by atoms with E-state index in [0.717, 1.165) is 22.0 Å². The highest BCUT2D eigenvalue weighted by Gasteiger charge is 2.10. The Labute approximate surface area is 158 Å². The molecule has 2 aromatic carbocycles. The normalized spacial score (nSPS) is 11.3.